The molecule has 8 heteroatoms. The molecule has 166 valence electrons. The van der Waals surface area contributed by atoms with Gasteiger partial charge < -0.3 is 14.8 Å². The summed E-state index contributed by atoms with van der Waals surface area (Å²) < 4.78 is 51.1. The second kappa shape index (κ2) is 8.49. The number of hydrogen-bond donors (Lipinski definition) is 1. The van der Waals surface area contributed by atoms with Crippen LogP contribution in [0.4, 0.5) is 13.2 Å². The summed E-state index contributed by atoms with van der Waals surface area (Å²) in [7, 11) is 0. The number of nitrogens with one attached hydrogen (secondary N) is 1. The molecule has 1 aromatic rings. The van der Waals surface area contributed by atoms with E-state index in [-0.39, 0.29) is 29.6 Å². The van der Waals surface area contributed by atoms with E-state index in [1.54, 1.807) is 6.92 Å². The van der Waals surface area contributed by atoms with Crippen molar-refractivity contribution in [2.24, 2.45) is 0 Å². The van der Waals surface area contributed by atoms with Gasteiger partial charge in [-0.3, -0.25) is 4.79 Å². The lowest BCUT2D eigenvalue weighted by molar-refractivity contribution is -0.142. The van der Waals surface area contributed by atoms with Crippen LogP contribution in [0.15, 0.2) is 46.8 Å². The predicted molar refractivity (Wildman–Crippen MR) is 106 cm³/mol. The van der Waals surface area contributed by atoms with Gasteiger partial charge in [-0.2, -0.15) is 13.2 Å². The fraction of sp³-hybridized carbons (Fsp3) is 0.478. The third kappa shape index (κ3) is 4.39. The van der Waals surface area contributed by atoms with Crippen LogP contribution in [-0.2, 0) is 25.2 Å². The van der Waals surface area contributed by atoms with Gasteiger partial charge in [0.15, 0.2) is 5.78 Å². The minimum atomic E-state index is -4.53. The lowest BCUT2D eigenvalue weighted by Crippen LogP contribution is -2.35. The zero-order chi connectivity index (χ0) is 22.2. The van der Waals surface area contributed by atoms with Gasteiger partial charge in [0.2, 0.25) is 0 Å². The van der Waals surface area contributed by atoms with Gasteiger partial charge >= 0.3 is 12.1 Å². The molecule has 1 N–H and O–H groups in total. The van der Waals surface area contributed by atoms with E-state index in [0.717, 1.165) is 25.0 Å². The van der Waals surface area contributed by atoms with Crippen molar-refractivity contribution in [1.82, 2.24) is 5.32 Å². The molecule has 0 unspecified atom stereocenters. The van der Waals surface area contributed by atoms with Crippen molar-refractivity contribution in [2.75, 3.05) is 13.2 Å². The minimum Gasteiger partial charge on any atom is -0.459 e. The smallest absolute Gasteiger partial charge is 0.416 e. The lowest BCUT2D eigenvalue weighted by atomic mass is 9.75. The van der Waals surface area contributed by atoms with Gasteiger partial charge in [-0.1, -0.05) is 18.2 Å². The van der Waals surface area contributed by atoms with Crippen molar-refractivity contribution in [2.45, 2.75) is 57.2 Å². The molecular formula is C23H24F3NO4. The topological polar surface area (TPSA) is 64.6 Å². The molecule has 4 rings (SSSR count). The standard InChI is InChI=1S/C23H24F3NO4/c1-13-19(22(29)31-12-16-7-4-10-30-16)20(21-17(27-13)8-3-9-18(21)28)14-5-2-6-15(11-14)23(24,25)26/h2,5-6,11,16,20,27H,3-4,7-10,12H2,1H3/t16-,20-/m1/s1. The fourth-order valence-electron chi connectivity index (χ4n) is 4.50. The zero-order valence-electron chi connectivity index (χ0n) is 17.2. The number of ether oxygens (including phenoxy) is 2. The van der Waals surface area contributed by atoms with Crippen molar-refractivity contribution >= 4 is 11.8 Å². The number of hydrogen-bond acceptors (Lipinski definition) is 5. The minimum absolute atomic E-state index is 0.0742. The van der Waals surface area contributed by atoms with Crippen LogP contribution in [0.2, 0.25) is 0 Å². The van der Waals surface area contributed by atoms with E-state index in [2.05, 4.69) is 5.32 Å². The molecule has 0 aromatic heterocycles. The first-order chi connectivity index (χ1) is 14.8. The van der Waals surface area contributed by atoms with Gasteiger partial charge in [0, 0.05) is 35.9 Å². The highest BCUT2D eigenvalue weighted by Crippen LogP contribution is 2.43. The SMILES string of the molecule is CC1=C(C(=O)OC[C@H]2CCCO2)[C@@H](c2cccc(C(F)(F)F)c2)C2=C(CCCC2=O)N1. The lowest BCUT2D eigenvalue weighted by Gasteiger charge is -2.34. The first kappa shape index (κ1) is 21.6. The van der Waals surface area contributed by atoms with Crippen LogP contribution in [-0.4, -0.2) is 31.1 Å². The number of dihydropyridines is 1. The first-order valence-electron chi connectivity index (χ1n) is 10.5. The number of allylic oxidation sites excluding steroid dienone is 3. The highest BCUT2D eigenvalue weighted by atomic mass is 19.4. The van der Waals surface area contributed by atoms with Crippen LogP contribution in [0.3, 0.4) is 0 Å². The fourth-order valence-corrected chi connectivity index (χ4v) is 4.50. The Balaban J connectivity index is 1.73. The third-order valence-corrected chi connectivity index (χ3v) is 5.97. The molecule has 31 heavy (non-hydrogen) atoms. The molecule has 2 atom stereocenters. The zero-order valence-corrected chi connectivity index (χ0v) is 17.2. The van der Waals surface area contributed by atoms with Crippen LogP contribution in [0.1, 0.15) is 56.1 Å². The van der Waals surface area contributed by atoms with Gasteiger partial charge in [-0.05, 0) is 44.2 Å². The third-order valence-electron chi connectivity index (χ3n) is 5.97. The molecule has 1 aliphatic carbocycles. The van der Waals surface area contributed by atoms with Crippen LogP contribution in [0, 0.1) is 0 Å². The van der Waals surface area contributed by atoms with E-state index in [1.165, 1.54) is 12.1 Å². The van der Waals surface area contributed by atoms with Crippen molar-refractivity contribution in [3.8, 4) is 0 Å². The molecule has 1 fully saturated rings. The maximum absolute atomic E-state index is 13.4. The van der Waals surface area contributed by atoms with E-state index in [1.807, 2.05) is 0 Å². The van der Waals surface area contributed by atoms with Gasteiger partial charge in [0.1, 0.15) is 6.61 Å². The van der Waals surface area contributed by atoms with Gasteiger partial charge in [-0.15, -0.1) is 0 Å². The van der Waals surface area contributed by atoms with Crippen molar-refractivity contribution in [3.05, 3.63) is 57.9 Å². The van der Waals surface area contributed by atoms with Crippen LogP contribution >= 0.6 is 0 Å². The Bertz CT molecular complexity index is 958. The molecule has 2 aliphatic heterocycles. The van der Waals surface area contributed by atoms with Crippen molar-refractivity contribution < 1.29 is 32.2 Å². The molecule has 0 spiro atoms. The van der Waals surface area contributed by atoms with Gasteiger partial charge in [-0.25, -0.2) is 4.79 Å². The summed E-state index contributed by atoms with van der Waals surface area (Å²) in [5, 5.41) is 3.14. The summed E-state index contributed by atoms with van der Waals surface area (Å²) in [5.74, 6) is -1.70. The highest BCUT2D eigenvalue weighted by molar-refractivity contribution is 6.03. The van der Waals surface area contributed by atoms with Crippen LogP contribution in [0.25, 0.3) is 0 Å². The molecule has 5 nitrogen and oxygen atoms in total. The summed E-state index contributed by atoms with van der Waals surface area (Å²) in [6.07, 6.45) is -1.47. The van der Waals surface area contributed by atoms with E-state index >= 15 is 0 Å². The summed E-state index contributed by atoms with van der Waals surface area (Å²) in [6.45, 7) is 2.38. The Morgan fingerprint density at radius 3 is 2.77 bits per heavy atom. The number of esters is 1. The normalized spacial score (nSPS) is 24.2. The molecule has 3 aliphatic rings. The van der Waals surface area contributed by atoms with Crippen molar-refractivity contribution in [3.63, 3.8) is 0 Å². The van der Waals surface area contributed by atoms with Crippen LogP contribution in [0.5, 0.6) is 0 Å². The molecular weight excluding hydrogens is 411 g/mol. The van der Waals surface area contributed by atoms with E-state index in [9.17, 15) is 22.8 Å². The average Bonchev–Trinajstić information content (AvgIpc) is 3.24. The maximum Gasteiger partial charge on any atom is 0.416 e. The second-order valence-corrected chi connectivity index (χ2v) is 8.12. The predicted octanol–water partition coefficient (Wildman–Crippen LogP) is 4.40. The number of rotatable bonds is 4. The Kier molecular flexibility index (Phi) is 5.92. The number of carbonyl (C=O) groups excluding carboxylic acids is 2. The molecule has 0 radical (unpaired) electrons. The molecule has 0 amide bonds. The number of Topliss-reactive ketones (excluding diaryl/α,β-unsaturated/α-hetero) is 1. The summed E-state index contributed by atoms with van der Waals surface area (Å²) in [6, 6.07) is 4.83. The second-order valence-electron chi connectivity index (χ2n) is 8.12. The van der Waals surface area contributed by atoms with E-state index in [4.69, 9.17) is 9.47 Å². The van der Waals surface area contributed by atoms with Gasteiger partial charge in [0.25, 0.3) is 0 Å². The summed E-state index contributed by atoms with van der Waals surface area (Å²) in [5.41, 5.74) is 1.13. The quantitative estimate of drug-likeness (QED) is 0.711. The number of ketones is 1. The Morgan fingerprint density at radius 1 is 1.26 bits per heavy atom. The molecule has 2 heterocycles. The van der Waals surface area contributed by atoms with E-state index < -0.39 is 23.6 Å². The largest absolute Gasteiger partial charge is 0.459 e. The van der Waals surface area contributed by atoms with E-state index in [0.29, 0.717) is 42.8 Å². The van der Waals surface area contributed by atoms with Gasteiger partial charge in [0.05, 0.1) is 17.2 Å². The number of halogens is 3. The Morgan fingerprint density at radius 2 is 2.06 bits per heavy atom. The Hall–Kier alpha value is -2.61. The first-order valence-corrected chi connectivity index (χ1v) is 10.5. The maximum atomic E-state index is 13.4. The monoisotopic (exact) mass is 435 g/mol. The van der Waals surface area contributed by atoms with Crippen LogP contribution < -0.4 is 5.32 Å². The number of alkyl halides is 3. The average molecular weight is 435 g/mol. The van der Waals surface area contributed by atoms with Crippen molar-refractivity contribution in [1.29, 1.82) is 0 Å². The molecule has 1 saturated heterocycles. The Labute approximate surface area is 178 Å². The summed E-state index contributed by atoms with van der Waals surface area (Å²) >= 11 is 0. The number of carbonyl (C=O) groups is 2. The number of benzene rings is 1. The highest BCUT2D eigenvalue weighted by Gasteiger charge is 2.40. The summed E-state index contributed by atoms with van der Waals surface area (Å²) in [4.78, 5) is 25.9. The molecule has 1 aromatic carbocycles. The molecule has 0 bridgehead atoms. The molecule has 0 saturated carbocycles.